The van der Waals surface area contributed by atoms with Crippen molar-refractivity contribution in [3.63, 3.8) is 0 Å². The number of carboxylic acids is 1. The number of carbonyl (C=O) groups is 9. The molecule has 0 unspecified atom stereocenters. The van der Waals surface area contributed by atoms with Crippen LogP contribution in [-0.2, 0) is 43.2 Å². The summed E-state index contributed by atoms with van der Waals surface area (Å²) in [6.45, 7) is 11.0. The zero-order valence-electron chi connectivity index (χ0n) is 33.1. The molecule has 0 saturated heterocycles. The Balaban J connectivity index is -0.000000631. The van der Waals surface area contributed by atoms with Gasteiger partial charge in [0.25, 0.3) is 0 Å². The Morgan fingerprint density at radius 3 is 1.69 bits per heavy atom. The number of nitrogens with one attached hydrogen (secondary N) is 8. The van der Waals surface area contributed by atoms with Gasteiger partial charge in [0.15, 0.2) is 0 Å². The van der Waals surface area contributed by atoms with Crippen molar-refractivity contribution in [1.29, 1.82) is 5.26 Å². The lowest BCUT2D eigenvalue weighted by Crippen LogP contribution is -2.40. The molecule has 0 radical (unpaired) electrons. The second kappa shape index (κ2) is 41.8. The number of aldehydes is 2. The maximum Gasteiger partial charge on any atom is 0.320 e. The van der Waals surface area contributed by atoms with Gasteiger partial charge in [0, 0.05) is 52.0 Å². The molecule has 0 aliphatic heterocycles. The number of likely N-dealkylation sites (N-methyl/N-ethyl adjacent to an activating group) is 3. The molecule has 0 spiro atoms. The highest BCUT2D eigenvalue weighted by Crippen LogP contribution is 2.04. The van der Waals surface area contributed by atoms with E-state index in [1.807, 2.05) is 20.8 Å². The first-order chi connectivity index (χ1) is 26.2. The normalized spacial score (nSPS) is 11.4. The van der Waals surface area contributed by atoms with E-state index in [1.54, 1.807) is 14.1 Å². The molecule has 0 aromatic carbocycles. The molecule has 0 heterocycles. The molecule has 0 aromatic heterocycles. The van der Waals surface area contributed by atoms with Crippen LogP contribution < -0.4 is 48.3 Å². The average molecular weight is 787 g/mol. The highest BCUT2D eigenvalue weighted by atomic mass is 16.4. The minimum atomic E-state index is -0.767. The van der Waals surface area contributed by atoms with Gasteiger partial charge < -0.3 is 63.0 Å². The fraction of sp³-hybridized carbons (Fsp3) is 0.714. The number of carboxylic acid groups (broad SMARTS) is 1. The van der Waals surface area contributed by atoms with E-state index < -0.39 is 29.9 Å². The second-order valence-corrected chi connectivity index (χ2v) is 12.1. The van der Waals surface area contributed by atoms with Crippen LogP contribution in [0.5, 0.6) is 0 Å². The van der Waals surface area contributed by atoms with E-state index in [0.29, 0.717) is 89.7 Å². The number of carbonyl (C=O) groups excluding carboxylic acids is 8. The summed E-state index contributed by atoms with van der Waals surface area (Å²) < 4.78 is 0. The zero-order valence-corrected chi connectivity index (χ0v) is 33.1. The van der Waals surface area contributed by atoms with Gasteiger partial charge in [-0.1, -0.05) is 13.8 Å². The van der Waals surface area contributed by atoms with Crippen LogP contribution in [0, 0.1) is 17.8 Å². The summed E-state index contributed by atoms with van der Waals surface area (Å²) in [4.78, 5) is 99.6. The summed E-state index contributed by atoms with van der Waals surface area (Å²) in [6, 6.07) is -1.48. The lowest BCUT2D eigenvalue weighted by molar-refractivity contribution is -0.139. The first-order valence-corrected chi connectivity index (χ1v) is 18.2. The molecule has 0 bridgehead atoms. The van der Waals surface area contributed by atoms with Crippen molar-refractivity contribution >= 4 is 54.5 Å². The third-order valence-corrected chi connectivity index (χ3v) is 7.00. The highest BCUT2D eigenvalue weighted by Gasteiger charge is 2.15. The lowest BCUT2D eigenvalue weighted by Gasteiger charge is -2.12. The van der Waals surface area contributed by atoms with Gasteiger partial charge in [0.2, 0.25) is 35.9 Å². The maximum atomic E-state index is 11.8. The van der Waals surface area contributed by atoms with Crippen LogP contribution in [-0.4, -0.2) is 131 Å². The van der Waals surface area contributed by atoms with Gasteiger partial charge in [-0.3, -0.25) is 33.6 Å². The standard InChI is InChI=1S/C24H43N7O7.C7H15NO2.C3H7NO.CHN/c1-2-26-24(38)19(25)8-4-6-13-27-20(34)9-10-21(35)30-15-23(37)29-14-11-22(36)28-12-5-3-7-18(16-32)31-17-33;1-5(2)4-6(8-3)7(9)10;1-4-2-3-5;1-2/h16-19H,2-15,25H2,1H3,(H,26,38)(H,27,34)(H,28,36)(H,29,37)(H,30,35)(H,31,33);5-6,8H,4H2,1-3H3,(H,9,10);3-4H,2H2,1H3;1H/t18-,19-;6-;;/m00../s1. The van der Waals surface area contributed by atoms with Crippen LogP contribution in [0.25, 0.3) is 0 Å². The number of amides is 6. The monoisotopic (exact) mass is 786 g/mol. The smallest absolute Gasteiger partial charge is 0.320 e. The van der Waals surface area contributed by atoms with Gasteiger partial charge in [0.05, 0.1) is 25.2 Å². The van der Waals surface area contributed by atoms with E-state index in [-0.39, 0.29) is 56.1 Å². The molecule has 6 amide bonds. The summed E-state index contributed by atoms with van der Waals surface area (Å²) in [5.74, 6) is -1.97. The van der Waals surface area contributed by atoms with Gasteiger partial charge in [0.1, 0.15) is 18.6 Å². The molecular formula is C35H66N10O10. The van der Waals surface area contributed by atoms with Gasteiger partial charge in [-0.05, 0) is 71.9 Å². The molecule has 0 aliphatic carbocycles. The van der Waals surface area contributed by atoms with Crippen LogP contribution in [0.2, 0.25) is 0 Å². The van der Waals surface area contributed by atoms with E-state index in [0.717, 1.165) is 6.29 Å². The summed E-state index contributed by atoms with van der Waals surface area (Å²) in [5, 5.41) is 35.8. The van der Waals surface area contributed by atoms with Crippen LogP contribution >= 0.6 is 0 Å². The Hall–Kier alpha value is -5.00. The highest BCUT2D eigenvalue weighted by molar-refractivity contribution is 5.87. The topological polar surface area (TPSA) is 320 Å². The van der Waals surface area contributed by atoms with E-state index >= 15 is 0 Å². The Bertz CT molecular complexity index is 1110. The van der Waals surface area contributed by atoms with Crippen molar-refractivity contribution in [2.45, 2.75) is 103 Å². The summed E-state index contributed by atoms with van der Waals surface area (Å²) >= 11 is 0. The molecule has 11 N–H and O–H groups in total. The number of rotatable bonds is 29. The summed E-state index contributed by atoms with van der Waals surface area (Å²) in [5.41, 5.74) is 5.75. The Kier molecular flexibility index (Phi) is 43.1. The average Bonchev–Trinajstić information content (AvgIpc) is 3.16. The molecule has 0 rings (SSSR count). The quantitative estimate of drug-likeness (QED) is 0.0290. The second-order valence-electron chi connectivity index (χ2n) is 12.1. The van der Waals surface area contributed by atoms with Crippen molar-refractivity contribution in [3.8, 4) is 6.57 Å². The van der Waals surface area contributed by atoms with Crippen LogP contribution in [0.1, 0.15) is 85.0 Å². The van der Waals surface area contributed by atoms with E-state index in [9.17, 15) is 43.2 Å². The van der Waals surface area contributed by atoms with Crippen molar-refractivity contribution in [1.82, 2.24) is 42.5 Å². The van der Waals surface area contributed by atoms with E-state index in [2.05, 4.69) is 49.1 Å². The fourth-order valence-corrected chi connectivity index (χ4v) is 4.09. The SMILES string of the molecule is C#N.CCNC(=O)[C@@H](N)CCCCNC(=O)CCC(=O)NCC(=O)NCCC(=O)NCCCC[C@@H](C=O)NC=O.CNCC=O.CN[C@@H](CC(C)C)C(=O)O. The van der Waals surface area contributed by atoms with E-state index in [4.69, 9.17) is 16.1 Å². The largest absolute Gasteiger partial charge is 0.480 e. The maximum absolute atomic E-state index is 11.8. The number of unbranched alkanes of at least 4 members (excludes halogenated alkanes) is 2. The number of nitriles is 1. The van der Waals surface area contributed by atoms with Gasteiger partial charge in [-0.15, -0.1) is 0 Å². The van der Waals surface area contributed by atoms with Gasteiger partial charge in [-0.2, -0.15) is 0 Å². The molecule has 0 aromatic rings. The number of hydrogen-bond donors (Lipinski definition) is 10. The van der Waals surface area contributed by atoms with Crippen LogP contribution in [0.15, 0.2) is 0 Å². The fourth-order valence-electron chi connectivity index (χ4n) is 4.09. The lowest BCUT2D eigenvalue weighted by atomic mass is 10.0. The predicted octanol–water partition coefficient (Wildman–Crippen LogP) is -2.01. The number of aliphatic carboxylic acids is 1. The Morgan fingerprint density at radius 1 is 0.745 bits per heavy atom. The molecule has 0 fully saturated rings. The molecule has 55 heavy (non-hydrogen) atoms. The Morgan fingerprint density at radius 2 is 1.27 bits per heavy atom. The van der Waals surface area contributed by atoms with Crippen molar-refractivity contribution in [2.75, 3.05) is 53.4 Å². The van der Waals surface area contributed by atoms with Crippen LogP contribution in [0.4, 0.5) is 0 Å². The Labute approximate surface area is 325 Å². The third-order valence-electron chi connectivity index (χ3n) is 7.00. The van der Waals surface area contributed by atoms with E-state index in [1.165, 1.54) is 0 Å². The van der Waals surface area contributed by atoms with Gasteiger partial charge >= 0.3 is 5.97 Å². The predicted molar refractivity (Wildman–Crippen MR) is 206 cm³/mol. The molecule has 0 aliphatic rings. The van der Waals surface area contributed by atoms with Crippen molar-refractivity contribution in [2.24, 2.45) is 11.7 Å². The van der Waals surface area contributed by atoms with Crippen molar-refractivity contribution in [3.05, 3.63) is 0 Å². The zero-order chi connectivity index (χ0) is 42.9. The number of nitrogens with zero attached hydrogens (tertiary/aromatic N) is 1. The minimum Gasteiger partial charge on any atom is -0.480 e. The molecule has 20 nitrogen and oxygen atoms in total. The molecule has 20 heteroatoms. The minimum absolute atomic E-state index is 0.0184. The first-order valence-electron chi connectivity index (χ1n) is 18.2. The molecule has 316 valence electrons. The van der Waals surface area contributed by atoms with Crippen LogP contribution in [0.3, 0.4) is 0 Å². The first kappa shape index (κ1) is 56.7. The van der Waals surface area contributed by atoms with Crippen molar-refractivity contribution < 1.29 is 48.3 Å². The molecule has 3 atom stereocenters. The molecular weight excluding hydrogens is 720 g/mol. The number of hydrogen-bond acceptors (Lipinski definition) is 13. The summed E-state index contributed by atoms with van der Waals surface area (Å²) in [6.07, 6.45) is 6.26. The van der Waals surface area contributed by atoms with Gasteiger partial charge in [-0.25, -0.2) is 5.26 Å². The third kappa shape index (κ3) is 41.6. The number of nitrogens with two attached hydrogens (primary N) is 1. The summed E-state index contributed by atoms with van der Waals surface area (Å²) in [7, 11) is 3.40. The molecule has 0 saturated carbocycles.